The van der Waals surface area contributed by atoms with Crippen molar-refractivity contribution in [2.45, 2.75) is 30.7 Å². The Bertz CT molecular complexity index is 1100. The first kappa shape index (κ1) is 21.0. The van der Waals surface area contributed by atoms with Crippen molar-refractivity contribution in [1.82, 2.24) is 4.90 Å². The Kier molecular flexibility index (Phi) is 4.51. The zero-order valence-electron chi connectivity index (χ0n) is 16.9. The van der Waals surface area contributed by atoms with Gasteiger partial charge < -0.3 is 30.8 Å². The van der Waals surface area contributed by atoms with Gasteiger partial charge in [-0.1, -0.05) is 6.07 Å². The van der Waals surface area contributed by atoms with Crippen LogP contribution in [0.3, 0.4) is 0 Å². The number of aliphatic hydroxyl groups excluding tert-OH is 3. The summed E-state index contributed by atoms with van der Waals surface area (Å²) in [6.45, 7) is 1.01. The van der Waals surface area contributed by atoms with Gasteiger partial charge >= 0.3 is 0 Å². The van der Waals surface area contributed by atoms with E-state index in [1.165, 1.54) is 37.2 Å². The fourth-order valence-corrected chi connectivity index (χ4v) is 4.94. The van der Waals surface area contributed by atoms with Gasteiger partial charge in [0.2, 0.25) is 5.78 Å². The van der Waals surface area contributed by atoms with Gasteiger partial charge in [-0.2, -0.15) is 0 Å². The Morgan fingerprint density at radius 1 is 1.16 bits per heavy atom. The van der Waals surface area contributed by atoms with E-state index >= 15 is 0 Å². The number of aromatic hydroxyl groups is 1. The van der Waals surface area contributed by atoms with Gasteiger partial charge in [0.25, 0.3) is 0 Å². The second-order valence-corrected chi connectivity index (χ2v) is 8.25. The number of Topliss-reactive ketones (excluding diaryl/α,β-unsaturated/α-hetero) is 3. The van der Waals surface area contributed by atoms with E-state index < -0.39 is 69.7 Å². The molecule has 0 spiro atoms. The summed E-state index contributed by atoms with van der Waals surface area (Å²) in [5, 5.41) is 57.2. The topological polar surface area (TPSA) is 168 Å². The maximum Gasteiger partial charge on any atom is 0.204 e. The first-order valence-electron chi connectivity index (χ1n) is 9.57. The van der Waals surface area contributed by atoms with E-state index in [1.54, 1.807) is 0 Å². The van der Waals surface area contributed by atoms with E-state index in [4.69, 9.17) is 0 Å². The predicted molar refractivity (Wildman–Crippen MR) is 107 cm³/mol. The Morgan fingerprint density at radius 2 is 1.81 bits per heavy atom. The van der Waals surface area contributed by atoms with Crippen molar-refractivity contribution < 1.29 is 39.9 Å². The lowest BCUT2D eigenvalue weighted by Gasteiger charge is -2.52. The zero-order valence-corrected chi connectivity index (χ0v) is 16.9. The molecule has 0 bridgehead atoms. The first-order valence-corrected chi connectivity index (χ1v) is 9.57. The molecule has 5 atom stereocenters. The van der Waals surface area contributed by atoms with E-state index in [-0.39, 0.29) is 17.0 Å². The van der Waals surface area contributed by atoms with Crippen molar-refractivity contribution >= 4 is 28.8 Å². The second-order valence-electron chi connectivity index (χ2n) is 8.25. The number of phenolic OH excluding ortho intramolecular Hbond substituents is 1. The van der Waals surface area contributed by atoms with Crippen LogP contribution in [0.2, 0.25) is 0 Å². The van der Waals surface area contributed by atoms with E-state index in [1.807, 2.05) is 0 Å². The molecule has 3 aliphatic rings. The molecule has 1 fully saturated rings. The summed E-state index contributed by atoms with van der Waals surface area (Å²) < 4.78 is 0. The van der Waals surface area contributed by atoms with Gasteiger partial charge in [-0.25, -0.2) is 0 Å². The van der Waals surface area contributed by atoms with Crippen molar-refractivity contribution in [3.8, 4) is 5.75 Å². The molecule has 164 valence electrons. The van der Waals surface area contributed by atoms with Crippen molar-refractivity contribution in [2.75, 3.05) is 19.4 Å². The standard InChI is InChI=1S/C21H22N2O8/c1-7(24)10-17(27)15(23(2)3)13-18(28)14-12(20(30)21(13,31)19(10)29)16(26)11-8(22-14)5-4-6-9(11)25/h4-6,13-15,18,22,25-26,28-29,31H,1-3H3/t13-,14-,15+,18-,21-/m1/s1. The number of rotatable bonds is 2. The fourth-order valence-electron chi connectivity index (χ4n) is 4.94. The molecule has 1 aromatic carbocycles. The molecule has 2 aliphatic carbocycles. The number of nitrogens with zero attached hydrogens (tertiary/aromatic N) is 1. The van der Waals surface area contributed by atoms with Crippen LogP contribution in [0.25, 0.3) is 5.76 Å². The maximum atomic E-state index is 13.5. The van der Waals surface area contributed by atoms with Crippen LogP contribution < -0.4 is 5.32 Å². The largest absolute Gasteiger partial charge is 0.508 e. The third kappa shape index (κ3) is 2.52. The van der Waals surface area contributed by atoms with Crippen LogP contribution in [0.15, 0.2) is 35.1 Å². The molecule has 1 heterocycles. The molecule has 0 aromatic heterocycles. The van der Waals surface area contributed by atoms with Crippen LogP contribution in [0.4, 0.5) is 5.69 Å². The molecule has 1 aromatic rings. The highest BCUT2D eigenvalue weighted by Gasteiger charge is 2.67. The van der Waals surface area contributed by atoms with Crippen molar-refractivity contribution in [1.29, 1.82) is 0 Å². The maximum absolute atomic E-state index is 13.5. The van der Waals surface area contributed by atoms with Gasteiger partial charge in [-0.15, -0.1) is 0 Å². The number of benzene rings is 1. The summed E-state index contributed by atoms with van der Waals surface area (Å²) in [6.07, 6.45) is -1.64. The van der Waals surface area contributed by atoms with Crippen LogP contribution >= 0.6 is 0 Å². The lowest BCUT2D eigenvalue weighted by molar-refractivity contribution is -0.164. The predicted octanol–water partition coefficient (Wildman–Crippen LogP) is -0.340. The van der Waals surface area contributed by atoms with Gasteiger partial charge in [0.1, 0.15) is 22.8 Å². The molecule has 6 N–H and O–H groups in total. The van der Waals surface area contributed by atoms with E-state index in [9.17, 15) is 39.9 Å². The van der Waals surface area contributed by atoms with Crippen molar-refractivity contribution in [3.63, 3.8) is 0 Å². The highest BCUT2D eigenvalue weighted by Crippen LogP contribution is 2.50. The number of phenols is 1. The molecule has 10 nitrogen and oxygen atoms in total. The molecule has 31 heavy (non-hydrogen) atoms. The molecule has 0 radical (unpaired) electrons. The number of hydrogen-bond donors (Lipinski definition) is 6. The van der Waals surface area contributed by atoms with Crippen LogP contribution in [-0.2, 0) is 14.4 Å². The number of carbonyl (C=O) groups is 3. The highest BCUT2D eigenvalue weighted by molar-refractivity contribution is 6.25. The monoisotopic (exact) mass is 430 g/mol. The molecule has 0 unspecified atom stereocenters. The van der Waals surface area contributed by atoms with Gasteiger partial charge in [-0.3, -0.25) is 19.3 Å². The number of fused-ring (bicyclic) bond motifs is 3. The van der Waals surface area contributed by atoms with E-state index in [0.29, 0.717) is 0 Å². The second kappa shape index (κ2) is 6.64. The van der Waals surface area contributed by atoms with E-state index in [2.05, 4.69) is 5.32 Å². The number of hydrogen-bond acceptors (Lipinski definition) is 10. The molecular weight excluding hydrogens is 408 g/mol. The zero-order chi connectivity index (χ0) is 23.0. The molecular formula is C21H22N2O8. The molecule has 1 aliphatic heterocycles. The summed E-state index contributed by atoms with van der Waals surface area (Å²) in [5.74, 6) is -6.59. The molecule has 1 saturated carbocycles. The number of nitrogens with one attached hydrogen (secondary N) is 1. The van der Waals surface area contributed by atoms with Crippen LogP contribution in [0, 0.1) is 5.92 Å². The summed E-state index contributed by atoms with van der Waals surface area (Å²) in [4.78, 5) is 40.0. The average molecular weight is 430 g/mol. The average Bonchev–Trinajstić information content (AvgIpc) is 2.67. The number of aliphatic hydroxyl groups is 4. The smallest absolute Gasteiger partial charge is 0.204 e. The number of carbonyl (C=O) groups excluding carboxylic acids is 3. The number of likely N-dealkylation sites (N-methyl/N-ethyl adjacent to an activating group) is 1. The molecule has 4 rings (SSSR count). The van der Waals surface area contributed by atoms with Crippen LogP contribution in [0.1, 0.15) is 12.5 Å². The summed E-state index contributed by atoms with van der Waals surface area (Å²) in [7, 11) is 2.95. The van der Waals surface area contributed by atoms with Gasteiger partial charge in [0.05, 0.1) is 35.2 Å². The number of ketones is 3. The van der Waals surface area contributed by atoms with Gasteiger partial charge in [-0.05, 0) is 33.2 Å². The lowest BCUT2D eigenvalue weighted by Crippen LogP contribution is -2.71. The SMILES string of the molecule is CC(=O)C1=C(O)[C@@]2(O)C(=O)C3=C(O)c4c(O)cccc4N[C@H]3[C@H](O)[C@H]2[C@H](N(C)C)C1=O. The Morgan fingerprint density at radius 3 is 2.39 bits per heavy atom. The Hall–Kier alpha value is -3.21. The summed E-state index contributed by atoms with van der Waals surface area (Å²) in [6, 6.07) is 1.74. The molecule has 0 saturated heterocycles. The molecule has 0 amide bonds. The lowest BCUT2D eigenvalue weighted by atomic mass is 9.59. The van der Waals surface area contributed by atoms with Gasteiger partial charge in [0, 0.05) is 5.69 Å². The van der Waals surface area contributed by atoms with Crippen molar-refractivity contribution in [2.24, 2.45) is 5.92 Å². The molecule has 10 heteroatoms. The number of anilines is 1. The summed E-state index contributed by atoms with van der Waals surface area (Å²) >= 11 is 0. The van der Waals surface area contributed by atoms with Gasteiger partial charge in [0.15, 0.2) is 17.2 Å². The van der Waals surface area contributed by atoms with Crippen LogP contribution in [-0.4, -0.2) is 85.7 Å². The summed E-state index contributed by atoms with van der Waals surface area (Å²) in [5.41, 5.74) is -3.92. The fraction of sp³-hybridized carbons (Fsp3) is 0.381. The highest BCUT2D eigenvalue weighted by atomic mass is 16.4. The van der Waals surface area contributed by atoms with Crippen molar-refractivity contribution in [3.05, 3.63) is 40.7 Å². The van der Waals surface area contributed by atoms with Crippen LogP contribution in [0.5, 0.6) is 5.75 Å². The Balaban J connectivity index is 2.03. The van der Waals surface area contributed by atoms with E-state index in [0.717, 1.165) is 6.92 Å². The minimum atomic E-state index is -2.84. The first-order chi connectivity index (χ1) is 14.4. The quantitative estimate of drug-likeness (QED) is 0.342. The third-order valence-electron chi connectivity index (χ3n) is 6.30. The minimum Gasteiger partial charge on any atom is -0.508 e. The third-order valence-corrected chi connectivity index (χ3v) is 6.30. The Labute approximate surface area is 176 Å². The normalized spacial score (nSPS) is 32.5. The minimum absolute atomic E-state index is 0.109.